The average molecular weight is 513 g/mol. The molecule has 7 heteroatoms. The number of ether oxygens (including phenoxy) is 2. The maximum atomic E-state index is 13.3. The van der Waals surface area contributed by atoms with Crippen molar-refractivity contribution in [3.63, 3.8) is 0 Å². The molecule has 0 saturated carbocycles. The third-order valence-corrected chi connectivity index (χ3v) is 7.33. The van der Waals surface area contributed by atoms with Crippen LogP contribution in [0.5, 0.6) is 0 Å². The van der Waals surface area contributed by atoms with E-state index in [1.54, 1.807) is 6.92 Å². The van der Waals surface area contributed by atoms with Crippen LogP contribution in [-0.2, 0) is 25.7 Å². The highest BCUT2D eigenvalue weighted by Gasteiger charge is 2.36. The third kappa shape index (κ3) is 5.42. The summed E-state index contributed by atoms with van der Waals surface area (Å²) in [4.78, 5) is 40.3. The largest absolute Gasteiger partial charge is 0.459 e. The number of fused-ring (bicyclic) bond motifs is 3. The van der Waals surface area contributed by atoms with E-state index in [0.717, 1.165) is 40.7 Å². The molecule has 1 aliphatic heterocycles. The van der Waals surface area contributed by atoms with Gasteiger partial charge in [0.2, 0.25) is 5.91 Å². The molecule has 2 amide bonds. The number of nitrogens with one attached hydrogen (secondary N) is 1. The van der Waals surface area contributed by atoms with Gasteiger partial charge in [-0.15, -0.1) is 0 Å². The zero-order valence-electron chi connectivity index (χ0n) is 21.5. The molecule has 1 heterocycles. The second-order valence-corrected chi connectivity index (χ2v) is 9.83. The quantitative estimate of drug-likeness (QED) is 0.449. The maximum absolute atomic E-state index is 13.3. The molecule has 1 N–H and O–H groups in total. The van der Waals surface area contributed by atoms with Crippen molar-refractivity contribution in [1.29, 1.82) is 0 Å². The van der Waals surface area contributed by atoms with E-state index in [1.807, 2.05) is 54.6 Å². The molecule has 1 saturated heterocycles. The van der Waals surface area contributed by atoms with E-state index in [2.05, 4.69) is 29.6 Å². The number of hydrogen-bond acceptors (Lipinski definition) is 5. The second kappa shape index (κ2) is 11.5. The lowest BCUT2D eigenvalue weighted by Crippen LogP contribution is -2.55. The average Bonchev–Trinajstić information content (AvgIpc) is 3.28. The molecular formula is C31H32N2O5. The van der Waals surface area contributed by atoms with E-state index in [-0.39, 0.29) is 25.0 Å². The van der Waals surface area contributed by atoms with Crippen LogP contribution >= 0.6 is 0 Å². The van der Waals surface area contributed by atoms with Gasteiger partial charge in [0.1, 0.15) is 25.3 Å². The molecule has 3 aromatic rings. The predicted octanol–water partition coefficient (Wildman–Crippen LogP) is 5.04. The minimum atomic E-state index is -0.840. The number of nitrogens with zero attached hydrogens (tertiary/aromatic N) is 1. The molecule has 0 bridgehead atoms. The summed E-state index contributed by atoms with van der Waals surface area (Å²) in [7, 11) is 0. The molecule has 5 rings (SSSR count). The van der Waals surface area contributed by atoms with Crippen LogP contribution in [0.4, 0.5) is 4.79 Å². The molecule has 38 heavy (non-hydrogen) atoms. The summed E-state index contributed by atoms with van der Waals surface area (Å²) in [5.74, 6) is -0.805. The summed E-state index contributed by atoms with van der Waals surface area (Å²) < 4.78 is 11.1. The van der Waals surface area contributed by atoms with Crippen LogP contribution in [-0.4, -0.2) is 48.1 Å². The number of piperidine rings is 1. The Labute approximate surface area is 222 Å². The van der Waals surface area contributed by atoms with Gasteiger partial charge >= 0.3 is 12.1 Å². The number of rotatable bonds is 7. The standard InChI is InChI=1S/C31H32N2O5/c1-21(29(34)33-18-10-9-17-28(33)30(35)37-19-22-11-3-2-4-12-22)32-31(36)38-20-27-25-15-7-5-13-23(25)24-14-6-8-16-26(24)27/h2-8,11-16,21,27-28H,9-10,17-20H2,1H3,(H,32,36)/t21-,28?/m0/s1. The summed E-state index contributed by atoms with van der Waals surface area (Å²) >= 11 is 0. The van der Waals surface area contributed by atoms with E-state index < -0.39 is 24.1 Å². The van der Waals surface area contributed by atoms with Gasteiger partial charge in [0, 0.05) is 12.5 Å². The number of carbonyl (C=O) groups excluding carboxylic acids is 3. The SMILES string of the molecule is C[C@H](NC(=O)OCC1c2ccccc2-c2ccccc21)C(=O)N1CCCCC1C(=O)OCc1ccccc1. The highest BCUT2D eigenvalue weighted by Crippen LogP contribution is 2.44. The monoisotopic (exact) mass is 512 g/mol. The number of esters is 1. The van der Waals surface area contributed by atoms with Crippen molar-refractivity contribution in [3.8, 4) is 11.1 Å². The van der Waals surface area contributed by atoms with Crippen LogP contribution in [0.3, 0.4) is 0 Å². The Bertz CT molecular complexity index is 1260. The Hall–Kier alpha value is -4.13. The predicted molar refractivity (Wildman–Crippen MR) is 143 cm³/mol. The van der Waals surface area contributed by atoms with Crippen molar-refractivity contribution in [1.82, 2.24) is 10.2 Å². The minimum absolute atomic E-state index is 0.0648. The van der Waals surface area contributed by atoms with Crippen molar-refractivity contribution in [2.24, 2.45) is 0 Å². The lowest BCUT2D eigenvalue weighted by Gasteiger charge is -2.35. The van der Waals surface area contributed by atoms with Gasteiger partial charge in [0.05, 0.1) is 0 Å². The molecule has 7 nitrogen and oxygen atoms in total. The highest BCUT2D eigenvalue weighted by atomic mass is 16.5. The number of hydrogen-bond donors (Lipinski definition) is 1. The van der Waals surface area contributed by atoms with Gasteiger partial charge in [-0.3, -0.25) is 4.79 Å². The van der Waals surface area contributed by atoms with Crippen LogP contribution in [0.25, 0.3) is 11.1 Å². The fourth-order valence-corrected chi connectivity index (χ4v) is 5.39. The maximum Gasteiger partial charge on any atom is 0.407 e. The molecule has 1 aliphatic carbocycles. The van der Waals surface area contributed by atoms with Gasteiger partial charge in [0.15, 0.2) is 0 Å². The minimum Gasteiger partial charge on any atom is -0.459 e. The van der Waals surface area contributed by atoms with E-state index >= 15 is 0 Å². The number of benzene rings is 3. The van der Waals surface area contributed by atoms with Crippen LogP contribution < -0.4 is 5.32 Å². The fraction of sp³-hybridized carbons (Fsp3) is 0.323. The van der Waals surface area contributed by atoms with Gasteiger partial charge < -0.3 is 19.7 Å². The fourth-order valence-electron chi connectivity index (χ4n) is 5.39. The first-order chi connectivity index (χ1) is 18.5. The Morgan fingerprint density at radius 1 is 0.868 bits per heavy atom. The van der Waals surface area contributed by atoms with E-state index in [0.29, 0.717) is 13.0 Å². The molecule has 1 fully saturated rings. The topological polar surface area (TPSA) is 84.9 Å². The lowest BCUT2D eigenvalue weighted by molar-refractivity contribution is -0.158. The molecule has 0 aromatic heterocycles. The van der Waals surface area contributed by atoms with Crippen molar-refractivity contribution >= 4 is 18.0 Å². The first-order valence-electron chi connectivity index (χ1n) is 13.2. The van der Waals surface area contributed by atoms with E-state index in [1.165, 1.54) is 4.90 Å². The van der Waals surface area contributed by atoms with Crippen molar-refractivity contribution in [3.05, 3.63) is 95.6 Å². The Morgan fingerprint density at radius 2 is 1.50 bits per heavy atom. The van der Waals surface area contributed by atoms with Crippen LogP contribution in [0.2, 0.25) is 0 Å². The molecule has 2 atom stereocenters. The van der Waals surface area contributed by atoms with Crippen LogP contribution in [0.15, 0.2) is 78.9 Å². The molecular weight excluding hydrogens is 480 g/mol. The first-order valence-corrected chi connectivity index (χ1v) is 13.2. The number of likely N-dealkylation sites (tertiary alicyclic amines) is 1. The molecule has 0 radical (unpaired) electrons. The normalized spacial score (nSPS) is 17.2. The summed E-state index contributed by atoms with van der Waals surface area (Å²) in [6.07, 6.45) is 1.51. The van der Waals surface area contributed by atoms with Gasteiger partial charge in [-0.25, -0.2) is 9.59 Å². The van der Waals surface area contributed by atoms with Crippen LogP contribution in [0.1, 0.15) is 48.8 Å². The van der Waals surface area contributed by atoms with Crippen molar-refractivity contribution < 1.29 is 23.9 Å². The smallest absolute Gasteiger partial charge is 0.407 e. The van der Waals surface area contributed by atoms with Crippen LogP contribution in [0, 0.1) is 0 Å². The van der Waals surface area contributed by atoms with E-state index in [4.69, 9.17) is 9.47 Å². The molecule has 2 aliphatic rings. The lowest BCUT2D eigenvalue weighted by atomic mass is 9.98. The summed E-state index contributed by atoms with van der Waals surface area (Å²) in [6, 6.07) is 24.2. The molecule has 1 unspecified atom stereocenters. The molecule has 196 valence electrons. The van der Waals surface area contributed by atoms with Gasteiger partial charge in [-0.2, -0.15) is 0 Å². The number of alkyl carbamates (subject to hydrolysis) is 1. The zero-order valence-corrected chi connectivity index (χ0v) is 21.5. The summed E-state index contributed by atoms with van der Waals surface area (Å²) in [6.45, 7) is 2.38. The zero-order chi connectivity index (χ0) is 26.5. The molecule has 3 aromatic carbocycles. The third-order valence-electron chi connectivity index (χ3n) is 7.33. The van der Waals surface area contributed by atoms with E-state index in [9.17, 15) is 14.4 Å². The van der Waals surface area contributed by atoms with Gasteiger partial charge in [-0.05, 0) is 54.0 Å². The Kier molecular flexibility index (Phi) is 7.73. The number of amides is 2. The second-order valence-electron chi connectivity index (χ2n) is 9.83. The van der Waals surface area contributed by atoms with Gasteiger partial charge in [-0.1, -0.05) is 78.9 Å². The number of carbonyl (C=O) groups is 3. The Balaban J connectivity index is 1.17. The van der Waals surface area contributed by atoms with Gasteiger partial charge in [0.25, 0.3) is 0 Å². The first kappa shape index (κ1) is 25.5. The summed E-state index contributed by atoms with van der Waals surface area (Å²) in [5, 5.41) is 2.66. The summed E-state index contributed by atoms with van der Waals surface area (Å²) in [5.41, 5.74) is 5.43. The molecule has 0 spiro atoms. The van der Waals surface area contributed by atoms with Crippen molar-refractivity contribution in [2.75, 3.05) is 13.2 Å². The van der Waals surface area contributed by atoms with Crippen molar-refractivity contribution in [2.45, 2.75) is 50.8 Å². The Morgan fingerprint density at radius 3 is 2.18 bits per heavy atom. The highest BCUT2D eigenvalue weighted by molar-refractivity contribution is 5.89.